The number of urea groups is 1. The highest BCUT2D eigenvalue weighted by atomic mass is 16.2. The maximum Gasteiger partial charge on any atom is 0.321 e. The maximum atomic E-state index is 11.5. The SMILES string of the molecule is CC(C)Nc1cccc(N2CCNC2=O)c1. The minimum absolute atomic E-state index is 0.0123. The average molecular weight is 219 g/mol. The Balaban J connectivity index is 2.18. The molecule has 0 unspecified atom stereocenters. The van der Waals surface area contributed by atoms with E-state index in [0.717, 1.165) is 24.5 Å². The van der Waals surface area contributed by atoms with E-state index in [1.165, 1.54) is 0 Å². The van der Waals surface area contributed by atoms with Crippen molar-refractivity contribution in [2.75, 3.05) is 23.3 Å². The van der Waals surface area contributed by atoms with Crippen LogP contribution >= 0.6 is 0 Å². The van der Waals surface area contributed by atoms with Gasteiger partial charge in [0.15, 0.2) is 0 Å². The van der Waals surface area contributed by atoms with Crippen molar-refractivity contribution in [3.63, 3.8) is 0 Å². The fraction of sp³-hybridized carbons (Fsp3) is 0.417. The van der Waals surface area contributed by atoms with Crippen molar-refractivity contribution in [2.45, 2.75) is 19.9 Å². The van der Waals surface area contributed by atoms with Gasteiger partial charge in [-0.2, -0.15) is 0 Å². The van der Waals surface area contributed by atoms with Crippen molar-refractivity contribution in [1.82, 2.24) is 5.32 Å². The van der Waals surface area contributed by atoms with Crippen LogP contribution in [0.3, 0.4) is 0 Å². The normalized spacial score (nSPS) is 15.4. The highest BCUT2D eigenvalue weighted by molar-refractivity contribution is 5.94. The number of nitrogens with zero attached hydrogens (tertiary/aromatic N) is 1. The molecule has 2 N–H and O–H groups in total. The van der Waals surface area contributed by atoms with Crippen LogP contribution in [0.25, 0.3) is 0 Å². The number of hydrogen-bond donors (Lipinski definition) is 2. The summed E-state index contributed by atoms with van der Waals surface area (Å²) in [6.45, 7) is 5.65. The molecular formula is C12H17N3O. The number of anilines is 2. The molecule has 4 nitrogen and oxygen atoms in total. The average Bonchev–Trinajstić information content (AvgIpc) is 2.64. The zero-order valence-corrected chi connectivity index (χ0v) is 9.66. The van der Waals surface area contributed by atoms with Crippen LogP contribution in [0.2, 0.25) is 0 Å². The summed E-state index contributed by atoms with van der Waals surface area (Å²) in [6.07, 6.45) is 0. The van der Waals surface area contributed by atoms with E-state index in [1.54, 1.807) is 4.90 Å². The van der Waals surface area contributed by atoms with Gasteiger partial charge in [-0.05, 0) is 32.0 Å². The second kappa shape index (κ2) is 4.43. The Morgan fingerprint density at radius 2 is 2.25 bits per heavy atom. The fourth-order valence-electron chi connectivity index (χ4n) is 1.81. The zero-order valence-electron chi connectivity index (χ0n) is 9.66. The highest BCUT2D eigenvalue weighted by Gasteiger charge is 2.20. The van der Waals surface area contributed by atoms with Crippen LogP contribution in [0.1, 0.15) is 13.8 Å². The summed E-state index contributed by atoms with van der Waals surface area (Å²) in [5, 5.41) is 6.12. The van der Waals surface area contributed by atoms with Crippen LogP contribution in [0.5, 0.6) is 0 Å². The molecule has 0 aromatic heterocycles. The monoisotopic (exact) mass is 219 g/mol. The number of carbonyl (C=O) groups is 1. The Morgan fingerprint density at radius 1 is 1.44 bits per heavy atom. The van der Waals surface area contributed by atoms with Crippen LogP contribution < -0.4 is 15.5 Å². The van der Waals surface area contributed by atoms with Gasteiger partial charge in [0, 0.05) is 30.5 Å². The van der Waals surface area contributed by atoms with E-state index in [1.807, 2.05) is 24.3 Å². The van der Waals surface area contributed by atoms with Crippen molar-refractivity contribution in [1.29, 1.82) is 0 Å². The fourth-order valence-corrected chi connectivity index (χ4v) is 1.81. The van der Waals surface area contributed by atoms with Crippen LogP contribution in [0.4, 0.5) is 16.2 Å². The topological polar surface area (TPSA) is 44.4 Å². The molecule has 0 spiro atoms. The Morgan fingerprint density at radius 3 is 2.88 bits per heavy atom. The van der Waals surface area contributed by atoms with Gasteiger partial charge in [0.1, 0.15) is 0 Å². The predicted molar refractivity (Wildman–Crippen MR) is 65.9 cm³/mol. The first kappa shape index (κ1) is 10.8. The molecule has 1 saturated heterocycles. The lowest BCUT2D eigenvalue weighted by molar-refractivity contribution is 0.252. The van der Waals surface area contributed by atoms with E-state index in [-0.39, 0.29) is 6.03 Å². The summed E-state index contributed by atoms with van der Waals surface area (Å²) in [7, 11) is 0. The Kier molecular flexibility index (Phi) is 2.99. The molecule has 1 fully saturated rings. The van der Waals surface area contributed by atoms with Crippen molar-refractivity contribution in [2.24, 2.45) is 0 Å². The molecule has 0 aliphatic carbocycles. The molecule has 0 radical (unpaired) electrons. The lowest BCUT2D eigenvalue weighted by Crippen LogP contribution is -2.27. The van der Waals surface area contributed by atoms with Crippen molar-refractivity contribution >= 4 is 17.4 Å². The third kappa shape index (κ3) is 2.27. The number of nitrogens with one attached hydrogen (secondary N) is 2. The molecule has 0 saturated carbocycles. The van der Waals surface area contributed by atoms with Crippen LogP contribution in [-0.2, 0) is 0 Å². The van der Waals surface area contributed by atoms with Gasteiger partial charge in [-0.3, -0.25) is 4.90 Å². The zero-order chi connectivity index (χ0) is 11.5. The first-order valence-electron chi connectivity index (χ1n) is 5.59. The summed E-state index contributed by atoms with van der Waals surface area (Å²) < 4.78 is 0. The molecule has 2 amide bonds. The van der Waals surface area contributed by atoms with Gasteiger partial charge in [0.25, 0.3) is 0 Å². The summed E-state index contributed by atoms with van der Waals surface area (Å²) in [6, 6.07) is 8.31. The molecule has 0 bridgehead atoms. The summed E-state index contributed by atoms with van der Waals surface area (Å²) in [5.74, 6) is 0. The molecule has 1 aromatic carbocycles. The second-order valence-corrected chi connectivity index (χ2v) is 4.23. The van der Waals surface area contributed by atoms with Gasteiger partial charge in [-0.1, -0.05) is 6.07 Å². The molecule has 86 valence electrons. The van der Waals surface area contributed by atoms with Gasteiger partial charge in [-0.25, -0.2) is 4.79 Å². The number of amides is 2. The summed E-state index contributed by atoms with van der Waals surface area (Å²) in [5.41, 5.74) is 1.99. The predicted octanol–water partition coefficient (Wildman–Crippen LogP) is 2.04. The molecular weight excluding hydrogens is 202 g/mol. The minimum Gasteiger partial charge on any atom is -0.383 e. The van der Waals surface area contributed by atoms with Gasteiger partial charge < -0.3 is 10.6 Å². The number of benzene rings is 1. The van der Waals surface area contributed by atoms with E-state index in [4.69, 9.17) is 0 Å². The van der Waals surface area contributed by atoms with E-state index < -0.39 is 0 Å². The molecule has 1 aliphatic rings. The molecule has 16 heavy (non-hydrogen) atoms. The smallest absolute Gasteiger partial charge is 0.321 e. The Bertz CT molecular complexity index is 390. The van der Waals surface area contributed by atoms with Crippen molar-refractivity contribution in [3.05, 3.63) is 24.3 Å². The first-order chi connectivity index (χ1) is 7.66. The van der Waals surface area contributed by atoms with Crippen LogP contribution in [-0.4, -0.2) is 25.2 Å². The Labute approximate surface area is 95.6 Å². The van der Waals surface area contributed by atoms with Crippen LogP contribution in [0, 0.1) is 0 Å². The maximum absolute atomic E-state index is 11.5. The summed E-state index contributed by atoms with van der Waals surface area (Å²) >= 11 is 0. The molecule has 1 heterocycles. The molecule has 1 aromatic rings. The van der Waals surface area contributed by atoms with Gasteiger partial charge in [0.05, 0.1) is 0 Å². The molecule has 4 heteroatoms. The van der Waals surface area contributed by atoms with E-state index >= 15 is 0 Å². The Hall–Kier alpha value is -1.71. The standard InChI is InChI=1S/C12H17N3O/c1-9(2)14-10-4-3-5-11(8-10)15-7-6-13-12(15)16/h3-5,8-9,14H,6-7H2,1-2H3,(H,13,16). The number of rotatable bonds is 3. The number of hydrogen-bond acceptors (Lipinski definition) is 2. The number of carbonyl (C=O) groups excluding carboxylic acids is 1. The van der Waals surface area contributed by atoms with Crippen molar-refractivity contribution in [3.8, 4) is 0 Å². The quantitative estimate of drug-likeness (QED) is 0.817. The van der Waals surface area contributed by atoms with Gasteiger partial charge in [0.2, 0.25) is 0 Å². The highest BCUT2D eigenvalue weighted by Crippen LogP contribution is 2.21. The third-order valence-corrected chi connectivity index (χ3v) is 2.47. The minimum atomic E-state index is -0.0123. The largest absolute Gasteiger partial charge is 0.383 e. The first-order valence-corrected chi connectivity index (χ1v) is 5.59. The molecule has 2 rings (SSSR count). The van der Waals surface area contributed by atoms with Crippen molar-refractivity contribution < 1.29 is 4.79 Å². The van der Waals surface area contributed by atoms with E-state index in [9.17, 15) is 4.79 Å². The van der Waals surface area contributed by atoms with Gasteiger partial charge in [-0.15, -0.1) is 0 Å². The third-order valence-electron chi connectivity index (χ3n) is 2.47. The second-order valence-electron chi connectivity index (χ2n) is 4.23. The molecule has 0 atom stereocenters. The van der Waals surface area contributed by atoms with Gasteiger partial charge >= 0.3 is 6.03 Å². The van der Waals surface area contributed by atoms with Crippen LogP contribution in [0.15, 0.2) is 24.3 Å². The van der Waals surface area contributed by atoms with E-state index in [0.29, 0.717) is 6.04 Å². The summed E-state index contributed by atoms with van der Waals surface area (Å²) in [4.78, 5) is 13.3. The lowest BCUT2D eigenvalue weighted by Gasteiger charge is -2.16. The lowest BCUT2D eigenvalue weighted by atomic mass is 10.2. The van der Waals surface area contributed by atoms with E-state index in [2.05, 4.69) is 24.5 Å². The molecule has 1 aliphatic heterocycles.